The van der Waals surface area contributed by atoms with Crippen molar-refractivity contribution in [2.75, 3.05) is 0 Å². The van der Waals surface area contributed by atoms with Crippen LogP contribution in [0.5, 0.6) is 5.88 Å². The molecule has 8 nitrogen and oxygen atoms in total. The van der Waals surface area contributed by atoms with E-state index in [0.717, 1.165) is 16.9 Å². The lowest BCUT2D eigenvalue weighted by atomic mass is 10.1. The molecular formula is C25H20F2N6O2. The van der Waals surface area contributed by atoms with Gasteiger partial charge < -0.3 is 4.74 Å². The largest absolute Gasteiger partial charge is 0.417 e. The molecule has 0 radical (unpaired) electrons. The summed E-state index contributed by atoms with van der Waals surface area (Å²) in [6.45, 7) is 0.755. The summed E-state index contributed by atoms with van der Waals surface area (Å²) in [6.07, 6.45) is 2.97. The number of ether oxygens (including phenoxy) is 1. The summed E-state index contributed by atoms with van der Waals surface area (Å²) in [5, 5.41) is 13.2. The Labute approximate surface area is 198 Å². The number of para-hydroxylation sites is 1. The van der Waals surface area contributed by atoms with Gasteiger partial charge in [0.05, 0.1) is 34.6 Å². The molecule has 0 fully saturated rings. The first kappa shape index (κ1) is 22.2. The van der Waals surface area contributed by atoms with E-state index in [1.54, 1.807) is 33.8 Å². The third kappa shape index (κ3) is 4.33. The van der Waals surface area contributed by atoms with Crippen LogP contribution in [0.2, 0.25) is 0 Å². The molecule has 2 aromatic carbocycles. The number of benzene rings is 2. The van der Waals surface area contributed by atoms with Crippen LogP contribution in [0.4, 0.5) is 8.78 Å². The average molecular weight is 474 g/mol. The van der Waals surface area contributed by atoms with E-state index in [0.29, 0.717) is 17.1 Å². The highest BCUT2D eigenvalue weighted by Gasteiger charge is 2.17. The van der Waals surface area contributed by atoms with E-state index in [2.05, 4.69) is 20.0 Å². The quantitative estimate of drug-likeness (QED) is 0.362. The minimum atomic E-state index is -2.96. The number of hydrogen-bond acceptors (Lipinski definition) is 5. The van der Waals surface area contributed by atoms with E-state index < -0.39 is 6.61 Å². The highest BCUT2D eigenvalue weighted by atomic mass is 19.3. The van der Waals surface area contributed by atoms with Crippen molar-refractivity contribution in [2.24, 2.45) is 0 Å². The fourth-order valence-electron chi connectivity index (χ4n) is 3.85. The lowest BCUT2D eigenvalue weighted by Gasteiger charge is -2.14. The molecule has 176 valence electrons. The highest BCUT2D eigenvalue weighted by Crippen LogP contribution is 2.24. The van der Waals surface area contributed by atoms with Gasteiger partial charge in [0.1, 0.15) is 0 Å². The van der Waals surface area contributed by atoms with Gasteiger partial charge >= 0.3 is 6.61 Å². The summed E-state index contributed by atoms with van der Waals surface area (Å²) in [4.78, 5) is 12.8. The Bertz CT molecular complexity index is 1560. The highest BCUT2D eigenvalue weighted by molar-refractivity contribution is 5.58. The molecule has 35 heavy (non-hydrogen) atoms. The molecule has 5 aromatic rings. The molecule has 0 spiro atoms. The lowest BCUT2D eigenvalue weighted by Crippen LogP contribution is -2.15. The van der Waals surface area contributed by atoms with Crippen molar-refractivity contribution >= 4 is 0 Å². The standard InChI is InChI=1S/C25H20F2N6O2/c1-16-14-19(33-23(10-12-28-33)35-25(26)27)8-9-20(16)31-13-11-22(34)24(30-31)21-15-17(2)29-32(21)18-6-4-3-5-7-18/h3-15,25H,1-2H3. The van der Waals surface area contributed by atoms with E-state index in [9.17, 15) is 13.6 Å². The normalized spacial score (nSPS) is 11.2. The van der Waals surface area contributed by atoms with Crippen molar-refractivity contribution in [3.8, 4) is 34.3 Å². The molecule has 0 atom stereocenters. The number of hydrogen-bond donors (Lipinski definition) is 0. The third-order valence-electron chi connectivity index (χ3n) is 5.37. The Morgan fingerprint density at radius 1 is 0.886 bits per heavy atom. The minimum Gasteiger partial charge on any atom is -0.417 e. The van der Waals surface area contributed by atoms with Crippen molar-refractivity contribution in [1.29, 1.82) is 0 Å². The number of aromatic nitrogens is 6. The first-order chi connectivity index (χ1) is 16.9. The van der Waals surface area contributed by atoms with Crippen molar-refractivity contribution in [3.05, 3.63) is 101 Å². The van der Waals surface area contributed by atoms with Gasteiger partial charge in [0.15, 0.2) is 5.69 Å². The van der Waals surface area contributed by atoms with Crippen molar-refractivity contribution < 1.29 is 13.5 Å². The van der Waals surface area contributed by atoms with E-state index in [4.69, 9.17) is 0 Å². The summed E-state index contributed by atoms with van der Waals surface area (Å²) in [7, 11) is 0. The summed E-state index contributed by atoms with van der Waals surface area (Å²) >= 11 is 0. The molecule has 0 bridgehead atoms. The van der Waals surface area contributed by atoms with Crippen molar-refractivity contribution in [1.82, 2.24) is 29.3 Å². The topological polar surface area (TPSA) is 79.8 Å². The van der Waals surface area contributed by atoms with E-state index in [-0.39, 0.29) is 17.0 Å². The van der Waals surface area contributed by atoms with Crippen LogP contribution in [0.15, 0.2) is 83.9 Å². The molecule has 3 aromatic heterocycles. The first-order valence-corrected chi connectivity index (χ1v) is 10.7. The number of halogens is 2. The lowest BCUT2D eigenvalue weighted by molar-refractivity contribution is -0.0544. The van der Waals surface area contributed by atoms with Crippen LogP contribution in [-0.4, -0.2) is 36.0 Å². The van der Waals surface area contributed by atoms with Crippen LogP contribution >= 0.6 is 0 Å². The van der Waals surface area contributed by atoms with E-state index in [1.165, 1.54) is 23.0 Å². The Morgan fingerprint density at radius 3 is 2.43 bits per heavy atom. The number of rotatable bonds is 6. The molecule has 3 heterocycles. The Kier molecular flexibility index (Phi) is 5.69. The van der Waals surface area contributed by atoms with Crippen LogP contribution in [-0.2, 0) is 0 Å². The molecule has 5 rings (SSSR count). The first-order valence-electron chi connectivity index (χ1n) is 10.7. The number of alkyl halides is 2. The molecule has 0 aliphatic rings. The maximum Gasteiger partial charge on any atom is 0.388 e. The number of nitrogens with zero attached hydrogens (tertiary/aromatic N) is 6. The summed E-state index contributed by atoms with van der Waals surface area (Å²) in [5.74, 6) is -0.0690. The molecule has 0 aliphatic carbocycles. The smallest absolute Gasteiger partial charge is 0.388 e. The number of aryl methyl sites for hydroxylation is 2. The summed E-state index contributed by atoms with van der Waals surface area (Å²) < 4.78 is 34.5. The molecule has 0 unspecified atom stereocenters. The maximum atomic E-state index is 12.8. The fraction of sp³-hybridized carbons (Fsp3) is 0.120. The van der Waals surface area contributed by atoms with Gasteiger partial charge in [-0.25, -0.2) is 14.0 Å². The zero-order valence-electron chi connectivity index (χ0n) is 18.8. The van der Waals surface area contributed by atoms with Gasteiger partial charge in [-0.1, -0.05) is 18.2 Å². The molecule has 0 saturated heterocycles. The van der Waals surface area contributed by atoms with Crippen LogP contribution < -0.4 is 10.2 Å². The Hall–Kier alpha value is -4.60. The predicted molar refractivity (Wildman–Crippen MR) is 126 cm³/mol. The van der Waals surface area contributed by atoms with Crippen LogP contribution in [0.25, 0.3) is 28.5 Å². The van der Waals surface area contributed by atoms with Crippen LogP contribution in [0.3, 0.4) is 0 Å². The predicted octanol–water partition coefficient (Wildman–Crippen LogP) is 4.49. The molecule has 0 N–H and O–H groups in total. The fourth-order valence-corrected chi connectivity index (χ4v) is 3.85. The van der Waals surface area contributed by atoms with Crippen LogP contribution in [0, 0.1) is 13.8 Å². The minimum absolute atomic E-state index is 0.0690. The zero-order chi connectivity index (χ0) is 24.5. The summed E-state index contributed by atoms with van der Waals surface area (Å²) in [5.41, 5.74) is 4.20. The second kappa shape index (κ2) is 8.98. The monoisotopic (exact) mass is 474 g/mol. The molecule has 0 saturated carbocycles. The third-order valence-corrected chi connectivity index (χ3v) is 5.37. The SMILES string of the molecule is Cc1cc(-c2nn(-c3ccc(-n4nccc4OC(F)F)cc3C)ccc2=O)n(-c2ccccc2)n1. The molecule has 0 aliphatic heterocycles. The van der Waals surface area contributed by atoms with Crippen molar-refractivity contribution in [3.63, 3.8) is 0 Å². The maximum absolute atomic E-state index is 12.8. The molecule has 0 amide bonds. The van der Waals surface area contributed by atoms with Gasteiger partial charge in [-0.05, 0) is 55.8 Å². The van der Waals surface area contributed by atoms with Gasteiger partial charge in [-0.2, -0.15) is 24.1 Å². The second-order valence-corrected chi connectivity index (χ2v) is 7.82. The van der Waals surface area contributed by atoms with E-state index >= 15 is 0 Å². The van der Waals surface area contributed by atoms with Gasteiger partial charge in [0, 0.05) is 18.3 Å². The van der Waals surface area contributed by atoms with Gasteiger partial charge in [0.25, 0.3) is 0 Å². The average Bonchev–Trinajstić information content (AvgIpc) is 3.46. The van der Waals surface area contributed by atoms with Crippen LogP contribution in [0.1, 0.15) is 11.3 Å². The second-order valence-electron chi connectivity index (χ2n) is 7.82. The molecular weight excluding hydrogens is 454 g/mol. The van der Waals surface area contributed by atoms with Gasteiger partial charge in [0.2, 0.25) is 11.3 Å². The Morgan fingerprint density at radius 2 is 1.69 bits per heavy atom. The van der Waals surface area contributed by atoms with E-state index in [1.807, 2.05) is 50.2 Å². The van der Waals surface area contributed by atoms with Gasteiger partial charge in [-0.3, -0.25) is 4.79 Å². The molecule has 10 heteroatoms. The zero-order valence-corrected chi connectivity index (χ0v) is 18.8. The van der Waals surface area contributed by atoms with Crippen molar-refractivity contribution in [2.45, 2.75) is 20.5 Å². The van der Waals surface area contributed by atoms with Gasteiger partial charge in [-0.15, -0.1) is 0 Å². The Balaban J connectivity index is 1.56. The summed E-state index contributed by atoms with van der Waals surface area (Å²) in [6, 6.07) is 19.4.